The highest BCUT2D eigenvalue weighted by molar-refractivity contribution is 7.92. The van der Waals surface area contributed by atoms with Crippen molar-refractivity contribution in [3.8, 4) is 0 Å². The van der Waals surface area contributed by atoms with Gasteiger partial charge in [0.05, 0.1) is 11.9 Å². The van der Waals surface area contributed by atoms with E-state index in [2.05, 4.69) is 17.3 Å². The van der Waals surface area contributed by atoms with Crippen molar-refractivity contribution in [2.75, 3.05) is 30.7 Å². The number of rotatable bonds is 5. The number of nitrogens with one attached hydrogen (secondary N) is 1. The van der Waals surface area contributed by atoms with E-state index in [0.717, 1.165) is 43.3 Å². The van der Waals surface area contributed by atoms with Crippen LogP contribution in [0, 0.1) is 13.8 Å². The lowest BCUT2D eigenvalue weighted by atomic mass is 10.1. The van der Waals surface area contributed by atoms with Crippen LogP contribution in [0.15, 0.2) is 18.2 Å². The first-order valence-corrected chi connectivity index (χ1v) is 10.5. The van der Waals surface area contributed by atoms with E-state index in [9.17, 15) is 13.2 Å². The first kappa shape index (κ1) is 19.7. The third kappa shape index (κ3) is 5.19. The summed E-state index contributed by atoms with van der Waals surface area (Å²) in [6.45, 7) is 7.35. The molecule has 140 valence electrons. The minimum Gasteiger partial charge on any atom is -0.351 e. The minimum absolute atomic E-state index is 0.104. The van der Waals surface area contributed by atoms with Gasteiger partial charge >= 0.3 is 0 Å². The highest BCUT2D eigenvalue weighted by atomic mass is 32.2. The Bertz CT molecular complexity index is 705. The third-order valence-electron chi connectivity index (χ3n) is 4.61. The van der Waals surface area contributed by atoms with E-state index in [1.807, 2.05) is 19.9 Å². The maximum absolute atomic E-state index is 12.7. The minimum atomic E-state index is -3.58. The number of benzene rings is 1. The van der Waals surface area contributed by atoms with Crippen LogP contribution < -0.4 is 9.62 Å². The van der Waals surface area contributed by atoms with Crippen molar-refractivity contribution in [3.05, 3.63) is 29.3 Å². The molecule has 1 saturated heterocycles. The Morgan fingerprint density at radius 1 is 1.20 bits per heavy atom. The summed E-state index contributed by atoms with van der Waals surface area (Å²) < 4.78 is 26.0. The van der Waals surface area contributed by atoms with Gasteiger partial charge in [-0.05, 0) is 77.0 Å². The SMILES string of the molecule is Cc1cc(C)cc(N([C@H](C)C(=O)NC2CCN(C)CC2)S(C)(=O)=O)c1. The zero-order valence-corrected chi connectivity index (χ0v) is 16.6. The van der Waals surface area contributed by atoms with Gasteiger partial charge in [0, 0.05) is 6.04 Å². The number of anilines is 1. The number of carbonyl (C=O) groups excluding carboxylic acids is 1. The first-order chi connectivity index (χ1) is 11.6. The largest absolute Gasteiger partial charge is 0.351 e. The summed E-state index contributed by atoms with van der Waals surface area (Å²) in [6, 6.07) is 4.89. The standard InChI is InChI=1S/C18H29N3O3S/c1-13-10-14(2)12-17(11-13)21(25(5,23)24)15(3)18(22)19-16-6-8-20(4)9-7-16/h10-12,15-16H,6-9H2,1-5H3,(H,19,22)/t15-/m1/s1. The predicted octanol–water partition coefficient (Wildman–Crippen LogP) is 1.67. The molecule has 0 radical (unpaired) electrons. The average Bonchev–Trinajstić information content (AvgIpc) is 2.47. The Morgan fingerprint density at radius 2 is 1.72 bits per heavy atom. The van der Waals surface area contributed by atoms with Crippen molar-refractivity contribution in [3.63, 3.8) is 0 Å². The lowest BCUT2D eigenvalue weighted by Gasteiger charge is -2.33. The Balaban J connectivity index is 2.21. The van der Waals surface area contributed by atoms with Crippen LogP contribution in [-0.4, -0.2) is 57.7 Å². The summed E-state index contributed by atoms with van der Waals surface area (Å²) in [5.41, 5.74) is 2.46. The molecule has 2 rings (SSSR count). The van der Waals surface area contributed by atoms with Crippen LogP contribution in [0.2, 0.25) is 0 Å². The molecular weight excluding hydrogens is 338 g/mol. The Kier molecular flexibility index (Phi) is 6.11. The highest BCUT2D eigenvalue weighted by Crippen LogP contribution is 2.24. The highest BCUT2D eigenvalue weighted by Gasteiger charge is 2.31. The second kappa shape index (κ2) is 7.74. The number of sulfonamides is 1. The molecule has 0 aromatic heterocycles. The fourth-order valence-electron chi connectivity index (χ4n) is 3.36. The zero-order chi connectivity index (χ0) is 18.8. The molecule has 0 bridgehead atoms. The molecule has 1 fully saturated rings. The second-order valence-electron chi connectivity index (χ2n) is 7.17. The number of amides is 1. The van der Waals surface area contributed by atoms with Gasteiger partial charge in [0.25, 0.3) is 0 Å². The summed E-state index contributed by atoms with van der Waals surface area (Å²) in [5, 5.41) is 3.02. The van der Waals surface area contributed by atoms with E-state index >= 15 is 0 Å². The van der Waals surface area contributed by atoms with Gasteiger partial charge in [-0.25, -0.2) is 8.42 Å². The fourth-order valence-corrected chi connectivity index (χ4v) is 4.52. The molecule has 0 saturated carbocycles. The number of likely N-dealkylation sites (tertiary alicyclic amines) is 1. The van der Waals surface area contributed by atoms with E-state index in [1.54, 1.807) is 19.1 Å². The molecule has 0 aliphatic carbocycles. The molecule has 25 heavy (non-hydrogen) atoms. The maximum Gasteiger partial charge on any atom is 0.243 e. The second-order valence-corrected chi connectivity index (χ2v) is 9.03. The molecule has 7 heteroatoms. The van der Waals surface area contributed by atoms with Gasteiger partial charge in [0.1, 0.15) is 6.04 Å². The van der Waals surface area contributed by atoms with Gasteiger partial charge in [-0.3, -0.25) is 9.10 Å². The normalized spacial score (nSPS) is 18.0. The molecule has 1 atom stereocenters. The van der Waals surface area contributed by atoms with Gasteiger partial charge < -0.3 is 10.2 Å². The summed E-state index contributed by atoms with van der Waals surface area (Å²) in [7, 11) is -1.52. The van der Waals surface area contributed by atoms with E-state index in [1.165, 1.54) is 4.31 Å². The van der Waals surface area contributed by atoms with Gasteiger partial charge in [0.2, 0.25) is 15.9 Å². The summed E-state index contributed by atoms with van der Waals surface area (Å²) >= 11 is 0. The molecule has 1 N–H and O–H groups in total. The third-order valence-corrected chi connectivity index (χ3v) is 5.86. The number of nitrogens with zero attached hydrogens (tertiary/aromatic N) is 2. The van der Waals surface area contributed by atoms with E-state index in [4.69, 9.17) is 0 Å². The number of hydrogen-bond acceptors (Lipinski definition) is 4. The summed E-state index contributed by atoms with van der Waals surface area (Å²) in [5.74, 6) is -0.251. The van der Waals surface area contributed by atoms with Gasteiger partial charge in [-0.1, -0.05) is 6.07 Å². The van der Waals surface area contributed by atoms with E-state index < -0.39 is 16.1 Å². The Hall–Kier alpha value is -1.60. The molecule has 1 aromatic rings. The first-order valence-electron chi connectivity index (χ1n) is 8.64. The monoisotopic (exact) mass is 367 g/mol. The molecule has 1 amide bonds. The van der Waals surface area contributed by atoms with Crippen molar-refractivity contribution in [1.82, 2.24) is 10.2 Å². The summed E-state index contributed by atoms with van der Waals surface area (Å²) in [4.78, 5) is 14.9. The molecule has 1 aliphatic rings. The van der Waals surface area contributed by atoms with Crippen LogP contribution >= 0.6 is 0 Å². The van der Waals surface area contributed by atoms with Gasteiger partial charge in [-0.15, -0.1) is 0 Å². The topological polar surface area (TPSA) is 69.7 Å². The van der Waals surface area contributed by atoms with E-state index in [0.29, 0.717) is 5.69 Å². The quantitative estimate of drug-likeness (QED) is 0.859. The lowest BCUT2D eigenvalue weighted by Crippen LogP contribution is -2.52. The van der Waals surface area contributed by atoms with Gasteiger partial charge in [-0.2, -0.15) is 0 Å². The Labute approximate surface area is 151 Å². The zero-order valence-electron chi connectivity index (χ0n) is 15.7. The molecule has 1 heterocycles. The van der Waals surface area contributed by atoms with Crippen molar-refractivity contribution >= 4 is 21.6 Å². The molecule has 6 nitrogen and oxygen atoms in total. The number of hydrogen-bond donors (Lipinski definition) is 1. The van der Waals surface area contributed by atoms with Crippen LogP contribution in [0.5, 0.6) is 0 Å². The molecular formula is C18H29N3O3S. The number of piperidine rings is 1. The van der Waals surface area contributed by atoms with Crippen molar-refractivity contribution in [2.45, 2.75) is 45.7 Å². The smallest absolute Gasteiger partial charge is 0.243 e. The maximum atomic E-state index is 12.7. The van der Waals surface area contributed by atoms with Crippen LogP contribution in [0.1, 0.15) is 30.9 Å². The predicted molar refractivity (Wildman–Crippen MR) is 101 cm³/mol. The van der Waals surface area contributed by atoms with Crippen molar-refractivity contribution < 1.29 is 13.2 Å². The van der Waals surface area contributed by atoms with Crippen molar-refractivity contribution in [1.29, 1.82) is 0 Å². The molecule has 1 aliphatic heterocycles. The molecule has 0 spiro atoms. The van der Waals surface area contributed by atoms with Crippen molar-refractivity contribution in [2.24, 2.45) is 0 Å². The average molecular weight is 368 g/mol. The molecule has 0 unspecified atom stereocenters. The lowest BCUT2D eigenvalue weighted by molar-refractivity contribution is -0.122. The van der Waals surface area contributed by atoms with Crippen LogP contribution in [0.4, 0.5) is 5.69 Å². The van der Waals surface area contributed by atoms with Crippen LogP contribution in [-0.2, 0) is 14.8 Å². The van der Waals surface area contributed by atoms with Gasteiger partial charge in [0.15, 0.2) is 0 Å². The summed E-state index contributed by atoms with van der Waals surface area (Å²) in [6.07, 6.45) is 2.92. The molecule has 1 aromatic carbocycles. The van der Waals surface area contributed by atoms with E-state index in [-0.39, 0.29) is 11.9 Å². The fraction of sp³-hybridized carbons (Fsp3) is 0.611. The number of aryl methyl sites for hydroxylation is 2. The van der Waals surface area contributed by atoms with Crippen LogP contribution in [0.3, 0.4) is 0 Å². The Morgan fingerprint density at radius 3 is 2.20 bits per heavy atom. The van der Waals surface area contributed by atoms with Crippen LogP contribution in [0.25, 0.3) is 0 Å². The number of carbonyl (C=O) groups is 1.